The van der Waals surface area contributed by atoms with Crippen LogP contribution in [0.25, 0.3) is 5.69 Å². The highest BCUT2D eigenvalue weighted by Crippen LogP contribution is 2.22. The lowest BCUT2D eigenvalue weighted by Crippen LogP contribution is -2.42. The van der Waals surface area contributed by atoms with Crippen LogP contribution < -0.4 is 10.6 Å². The molecule has 7 nitrogen and oxygen atoms in total. The molecule has 1 unspecified atom stereocenters. The van der Waals surface area contributed by atoms with Gasteiger partial charge in [0.2, 0.25) is 0 Å². The predicted molar refractivity (Wildman–Crippen MR) is 150 cm³/mol. The Balaban J connectivity index is 1.41. The molecule has 1 atom stereocenters. The molecule has 0 spiro atoms. The highest BCUT2D eigenvalue weighted by atomic mass is 35.5. The number of anilines is 1. The molecule has 3 N–H and O–H groups in total. The van der Waals surface area contributed by atoms with Gasteiger partial charge in [0.25, 0.3) is 5.91 Å². The van der Waals surface area contributed by atoms with Crippen LogP contribution in [-0.2, 0) is 24.2 Å². The van der Waals surface area contributed by atoms with Crippen LogP contribution in [0.1, 0.15) is 45.1 Å². The normalized spacial score (nSPS) is 11.7. The van der Waals surface area contributed by atoms with E-state index in [1.165, 1.54) is 0 Å². The van der Waals surface area contributed by atoms with Crippen molar-refractivity contribution in [3.8, 4) is 5.69 Å². The number of nitrogens with zero attached hydrogens (tertiary/aromatic N) is 2. The Morgan fingerprint density at radius 3 is 2.50 bits per heavy atom. The van der Waals surface area contributed by atoms with Crippen molar-refractivity contribution in [1.29, 1.82) is 0 Å². The van der Waals surface area contributed by atoms with E-state index in [0.29, 0.717) is 23.6 Å². The first-order chi connectivity index (χ1) is 18.2. The fourth-order valence-electron chi connectivity index (χ4n) is 4.42. The van der Waals surface area contributed by atoms with Crippen molar-refractivity contribution < 1.29 is 14.7 Å². The fraction of sp³-hybridized carbons (Fsp3) is 0.233. The van der Waals surface area contributed by atoms with Crippen LogP contribution in [0, 0.1) is 13.8 Å². The lowest BCUT2D eigenvalue weighted by molar-refractivity contribution is -0.139. The van der Waals surface area contributed by atoms with Crippen LogP contribution in [0.2, 0.25) is 5.02 Å². The number of pyridine rings is 1. The molecule has 196 valence electrons. The van der Waals surface area contributed by atoms with E-state index in [-0.39, 0.29) is 6.42 Å². The zero-order chi connectivity index (χ0) is 27.2. The van der Waals surface area contributed by atoms with Gasteiger partial charge in [-0.15, -0.1) is 0 Å². The van der Waals surface area contributed by atoms with Crippen LogP contribution in [0.4, 0.5) is 5.82 Å². The molecule has 2 heterocycles. The van der Waals surface area contributed by atoms with Gasteiger partial charge in [-0.2, -0.15) is 0 Å². The molecule has 4 rings (SSSR count). The molecule has 4 aromatic rings. The number of benzene rings is 2. The Kier molecular flexibility index (Phi) is 8.48. The van der Waals surface area contributed by atoms with Crippen molar-refractivity contribution >= 4 is 29.3 Å². The third kappa shape index (κ3) is 6.61. The smallest absolute Gasteiger partial charge is 0.326 e. The average Bonchev–Trinajstić information content (AvgIpc) is 3.36. The summed E-state index contributed by atoms with van der Waals surface area (Å²) in [6.45, 7) is 6.41. The predicted octanol–water partition coefficient (Wildman–Crippen LogP) is 5.74. The van der Waals surface area contributed by atoms with Gasteiger partial charge in [-0.3, -0.25) is 4.79 Å². The van der Waals surface area contributed by atoms with Gasteiger partial charge in [-0.25, -0.2) is 9.78 Å². The minimum Gasteiger partial charge on any atom is -0.480 e. The summed E-state index contributed by atoms with van der Waals surface area (Å²) in [6, 6.07) is 16.0. The van der Waals surface area contributed by atoms with Crippen LogP contribution in [-0.4, -0.2) is 32.6 Å². The molecular weight excluding hydrogens is 500 g/mol. The number of carbonyl (C=O) groups is 2. The van der Waals surface area contributed by atoms with Crippen LogP contribution in [0.15, 0.2) is 73.2 Å². The number of aromatic nitrogens is 2. The molecule has 0 bridgehead atoms. The monoisotopic (exact) mass is 530 g/mol. The standard InChI is InChI=1S/C30H31ClN4O3/c1-4-23-16-24(31)14-20(3)28(23)29(36)34-26(30(37)38)15-21-5-7-25(8-6-21)35-12-10-22(18-35)17-33-27-13-19(2)9-11-32-27/h5-14,16,18,26H,4,15,17H2,1-3H3,(H,32,33)(H,34,36)(H,37,38). The molecule has 0 radical (unpaired) electrons. The van der Waals surface area contributed by atoms with E-state index in [4.69, 9.17) is 11.6 Å². The first-order valence-corrected chi connectivity index (χ1v) is 12.9. The summed E-state index contributed by atoms with van der Waals surface area (Å²) in [5, 5.41) is 16.4. The molecule has 0 aliphatic carbocycles. The average molecular weight is 531 g/mol. The SMILES string of the molecule is CCc1cc(Cl)cc(C)c1C(=O)NC(Cc1ccc(-n2ccc(CNc3cc(C)ccn3)c2)cc1)C(=O)O. The largest absolute Gasteiger partial charge is 0.480 e. The van der Waals surface area contributed by atoms with E-state index in [1.807, 2.05) is 73.3 Å². The molecule has 0 saturated heterocycles. The highest BCUT2D eigenvalue weighted by Gasteiger charge is 2.23. The van der Waals surface area contributed by atoms with Crippen LogP contribution in [0.5, 0.6) is 0 Å². The number of carbonyl (C=O) groups excluding carboxylic acids is 1. The zero-order valence-electron chi connectivity index (χ0n) is 21.7. The van der Waals surface area contributed by atoms with Crippen LogP contribution in [0.3, 0.4) is 0 Å². The summed E-state index contributed by atoms with van der Waals surface area (Å²) in [6.07, 6.45) is 6.59. The molecule has 0 aliphatic heterocycles. The lowest BCUT2D eigenvalue weighted by atomic mass is 9.98. The third-order valence-electron chi connectivity index (χ3n) is 6.41. The molecule has 1 amide bonds. The van der Waals surface area contributed by atoms with Crippen molar-refractivity contribution in [2.24, 2.45) is 0 Å². The molecule has 0 fully saturated rings. The molecule has 38 heavy (non-hydrogen) atoms. The van der Waals surface area contributed by atoms with Gasteiger partial charge in [0.1, 0.15) is 11.9 Å². The first kappa shape index (κ1) is 26.9. The second-order valence-electron chi connectivity index (χ2n) is 9.34. The van der Waals surface area contributed by atoms with E-state index >= 15 is 0 Å². The summed E-state index contributed by atoms with van der Waals surface area (Å²) in [4.78, 5) is 29.3. The summed E-state index contributed by atoms with van der Waals surface area (Å²) in [5.74, 6) is -0.661. The van der Waals surface area contributed by atoms with E-state index in [9.17, 15) is 14.7 Å². The number of aryl methyl sites for hydroxylation is 3. The van der Waals surface area contributed by atoms with E-state index in [2.05, 4.69) is 15.6 Å². The van der Waals surface area contributed by atoms with E-state index in [0.717, 1.165) is 39.3 Å². The van der Waals surface area contributed by atoms with Gasteiger partial charge in [-0.1, -0.05) is 30.7 Å². The molecule has 2 aromatic heterocycles. The number of rotatable bonds is 10. The topological polar surface area (TPSA) is 96.3 Å². The Morgan fingerprint density at radius 1 is 1.05 bits per heavy atom. The quantitative estimate of drug-likeness (QED) is 0.243. The number of hydrogen-bond acceptors (Lipinski definition) is 4. The number of carboxylic acid groups (broad SMARTS) is 1. The molecule has 2 aromatic carbocycles. The highest BCUT2D eigenvalue weighted by molar-refractivity contribution is 6.30. The Hall–Kier alpha value is -4.10. The maximum absolute atomic E-state index is 13.0. The number of nitrogens with one attached hydrogen (secondary N) is 2. The number of halogens is 1. The Labute approximate surface area is 227 Å². The molecule has 8 heteroatoms. The Bertz CT molecular complexity index is 1450. The number of amides is 1. The van der Waals surface area contributed by atoms with Gasteiger partial charge in [0.05, 0.1) is 0 Å². The van der Waals surface area contributed by atoms with Crippen molar-refractivity contribution in [1.82, 2.24) is 14.9 Å². The zero-order valence-corrected chi connectivity index (χ0v) is 22.4. The van der Waals surface area contributed by atoms with E-state index < -0.39 is 17.9 Å². The minimum absolute atomic E-state index is 0.166. The van der Waals surface area contributed by atoms with Gasteiger partial charge in [0.15, 0.2) is 0 Å². The summed E-state index contributed by atoms with van der Waals surface area (Å²) in [7, 11) is 0. The van der Waals surface area contributed by atoms with Gasteiger partial charge in [0, 0.05) is 47.8 Å². The minimum atomic E-state index is -1.09. The van der Waals surface area contributed by atoms with Gasteiger partial charge in [-0.05, 0) is 90.6 Å². The van der Waals surface area contributed by atoms with Gasteiger partial charge < -0.3 is 20.3 Å². The summed E-state index contributed by atoms with van der Waals surface area (Å²) < 4.78 is 2.01. The molecule has 0 saturated carbocycles. The third-order valence-corrected chi connectivity index (χ3v) is 6.63. The maximum Gasteiger partial charge on any atom is 0.326 e. The van der Waals surface area contributed by atoms with Crippen molar-refractivity contribution in [2.75, 3.05) is 5.32 Å². The van der Waals surface area contributed by atoms with E-state index in [1.54, 1.807) is 25.3 Å². The Morgan fingerprint density at radius 2 is 1.82 bits per heavy atom. The number of carboxylic acids is 1. The van der Waals surface area contributed by atoms with Crippen molar-refractivity contribution in [3.05, 3.63) is 112 Å². The molecule has 0 aliphatic rings. The fourth-order valence-corrected chi connectivity index (χ4v) is 4.71. The summed E-state index contributed by atoms with van der Waals surface area (Å²) in [5.41, 5.74) is 6.01. The van der Waals surface area contributed by atoms with Crippen LogP contribution >= 0.6 is 11.6 Å². The molecular formula is C30H31ClN4O3. The lowest BCUT2D eigenvalue weighted by Gasteiger charge is -2.18. The first-order valence-electron chi connectivity index (χ1n) is 12.5. The number of hydrogen-bond donors (Lipinski definition) is 3. The summed E-state index contributed by atoms with van der Waals surface area (Å²) >= 11 is 6.14. The van der Waals surface area contributed by atoms with Crippen molar-refractivity contribution in [3.63, 3.8) is 0 Å². The second kappa shape index (κ2) is 12.0. The van der Waals surface area contributed by atoms with Crippen molar-refractivity contribution in [2.45, 2.75) is 46.2 Å². The maximum atomic E-state index is 13.0. The second-order valence-corrected chi connectivity index (χ2v) is 9.78. The number of aliphatic carboxylic acids is 1. The van der Waals surface area contributed by atoms with Gasteiger partial charge >= 0.3 is 5.97 Å².